The zero-order valence-electron chi connectivity index (χ0n) is 12.6. The van der Waals surface area contributed by atoms with Gasteiger partial charge in [0.2, 0.25) is 5.91 Å². The summed E-state index contributed by atoms with van der Waals surface area (Å²) in [5.74, 6) is -0.233. The maximum absolute atomic E-state index is 10.8. The molecule has 0 spiro atoms. The van der Waals surface area contributed by atoms with Gasteiger partial charge in [-0.25, -0.2) is 0 Å². The lowest BCUT2D eigenvalue weighted by molar-refractivity contribution is -0.117. The minimum atomic E-state index is -0.233. The zero-order chi connectivity index (χ0) is 14.3. The Morgan fingerprint density at radius 1 is 0.842 bits per heavy atom. The van der Waals surface area contributed by atoms with Gasteiger partial charge in [0.1, 0.15) is 0 Å². The Hall–Kier alpha value is -0.0500. The van der Waals surface area contributed by atoms with E-state index in [4.69, 9.17) is 5.73 Å². The minimum absolute atomic E-state index is 0.129. The predicted molar refractivity (Wildman–Crippen MR) is 87.6 cm³/mol. The van der Waals surface area contributed by atoms with Crippen LogP contribution >= 0.6 is 15.9 Å². The molecule has 0 aromatic heterocycles. The number of unbranched alkanes of at least 4 members (excludes halogenated alkanes) is 11. The first-order chi connectivity index (χ1) is 9.18. The van der Waals surface area contributed by atoms with Gasteiger partial charge in [-0.1, -0.05) is 99.9 Å². The maximum atomic E-state index is 10.8. The van der Waals surface area contributed by atoms with Crippen LogP contribution in [0.1, 0.15) is 90.4 Å². The molecule has 0 radical (unpaired) electrons. The SMILES string of the molecule is CCCCCCCCCCCCCCC(Br)C(N)=O. The molecule has 0 rings (SSSR count). The van der Waals surface area contributed by atoms with E-state index >= 15 is 0 Å². The van der Waals surface area contributed by atoms with Gasteiger partial charge in [0.15, 0.2) is 0 Å². The number of carbonyl (C=O) groups is 1. The Kier molecular flexibility index (Phi) is 14.3. The maximum Gasteiger partial charge on any atom is 0.231 e. The van der Waals surface area contributed by atoms with Gasteiger partial charge in [-0.3, -0.25) is 4.79 Å². The summed E-state index contributed by atoms with van der Waals surface area (Å²) >= 11 is 3.30. The highest BCUT2D eigenvalue weighted by molar-refractivity contribution is 9.10. The first kappa shape index (κ1) is 18.9. The second-order valence-corrected chi connectivity index (χ2v) is 6.65. The molecule has 0 aliphatic carbocycles. The zero-order valence-corrected chi connectivity index (χ0v) is 14.2. The van der Waals surface area contributed by atoms with Crippen LogP contribution in [0.5, 0.6) is 0 Å². The van der Waals surface area contributed by atoms with Crippen LogP contribution in [0.3, 0.4) is 0 Å². The van der Waals surface area contributed by atoms with Crippen molar-refractivity contribution in [3.05, 3.63) is 0 Å². The van der Waals surface area contributed by atoms with Gasteiger partial charge in [-0.15, -0.1) is 0 Å². The van der Waals surface area contributed by atoms with Gasteiger partial charge < -0.3 is 5.73 Å². The Labute approximate surface area is 128 Å². The van der Waals surface area contributed by atoms with Gasteiger partial charge in [0.25, 0.3) is 0 Å². The molecule has 1 unspecified atom stereocenters. The summed E-state index contributed by atoms with van der Waals surface area (Å²) in [5, 5.41) is 0. The van der Waals surface area contributed by atoms with Crippen molar-refractivity contribution in [1.29, 1.82) is 0 Å². The fraction of sp³-hybridized carbons (Fsp3) is 0.938. The van der Waals surface area contributed by atoms with Gasteiger partial charge in [-0.05, 0) is 6.42 Å². The largest absolute Gasteiger partial charge is 0.369 e. The number of halogens is 1. The van der Waals surface area contributed by atoms with Crippen molar-refractivity contribution in [3.63, 3.8) is 0 Å². The summed E-state index contributed by atoms with van der Waals surface area (Å²) in [5.41, 5.74) is 5.19. The van der Waals surface area contributed by atoms with Crippen LogP contribution in [0, 0.1) is 0 Å². The van der Waals surface area contributed by atoms with Crippen molar-refractivity contribution in [2.45, 2.75) is 95.2 Å². The molecule has 1 atom stereocenters. The topological polar surface area (TPSA) is 43.1 Å². The van der Waals surface area contributed by atoms with E-state index in [1.54, 1.807) is 0 Å². The molecule has 19 heavy (non-hydrogen) atoms. The molecular weight excluding hydrogens is 302 g/mol. The first-order valence-electron chi connectivity index (χ1n) is 8.12. The van der Waals surface area contributed by atoms with E-state index in [2.05, 4.69) is 22.9 Å². The predicted octanol–water partition coefficient (Wildman–Crippen LogP) is 5.33. The molecule has 2 N–H and O–H groups in total. The summed E-state index contributed by atoms with van der Waals surface area (Å²) < 4.78 is 0. The van der Waals surface area contributed by atoms with Crippen LogP contribution in [0.4, 0.5) is 0 Å². The van der Waals surface area contributed by atoms with Crippen molar-refractivity contribution in [2.24, 2.45) is 5.73 Å². The fourth-order valence-electron chi connectivity index (χ4n) is 2.31. The third-order valence-electron chi connectivity index (χ3n) is 3.62. The highest BCUT2D eigenvalue weighted by Crippen LogP contribution is 2.14. The number of carbonyl (C=O) groups excluding carboxylic acids is 1. The summed E-state index contributed by atoms with van der Waals surface area (Å²) in [4.78, 5) is 10.7. The van der Waals surface area contributed by atoms with E-state index in [-0.39, 0.29) is 10.7 Å². The third kappa shape index (κ3) is 14.2. The highest BCUT2D eigenvalue weighted by atomic mass is 79.9. The van der Waals surface area contributed by atoms with E-state index in [1.807, 2.05) is 0 Å². The van der Waals surface area contributed by atoms with Crippen LogP contribution in [-0.2, 0) is 4.79 Å². The number of primary amides is 1. The second kappa shape index (κ2) is 14.4. The number of hydrogen-bond donors (Lipinski definition) is 1. The molecule has 0 aromatic rings. The van der Waals surface area contributed by atoms with Crippen molar-refractivity contribution in [2.75, 3.05) is 0 Å². The van der Waals surface area contributed by atoms with Crippen molar-refractivity contribution >= 4 is 21.8 Å². The van der Waals surface area contributed by atoms with Crippen molar-refractivity contribution in [3.8, 4) is 0 Å². The van der Waals surface area contributed by atoms with E-state index < -0.39 is 0 Å². The quantitative estimate of drug-likeness (QED) is 0.339. The molecule has 0 aromatic carbocycles. The molecule has 0 fully saturated rings. The first-order valence-corrected chi connectivity index (χ1v) is 9.03. The molecule has 0 aliphatic rings. The summed E-state index contributed by atoms with van der Waals surface area (Å²) in [6.45, 7) is 2.27. The smallest absolute Gasteiger partial charge is 0.231 e. The lowest BCUT2D eigenvalue weighted by Gasteiger charge is -2.05. The monoisotopic (exact) mass is 333 g/mol. The molecular formula is C16H32BrNO. The Morgan fingerprint density at radius 3 is 1.58 bits per heavy atom. The molecule has 0 aliphatic heterocycles. The number of alkyl halides is 1. The summed E-state index contributed by atoms with van der Waals surface area (Å²) in [6.07, 6.45) is 17.1. The van der Waals surface area contributed by atoms with Gasteiger partial charge in [0.05, 0.1) is 4.83 Å². The van der Waals surface area contributed by atoms with Crippen molar-refractivity contribution < 1.29 is 4.79 Å². The minimum Gasteiger partial charge on any atom is -0.369 e. The van der Waals surface area contributed by atoms with Crippen LogP contribution in [0.2, 0.25) is 0 Å². The number of hydrogen-bond acceptors (Lipinski definition) is 1. The Balaban J connectivity index is 3.05. The molecule has 1 amide bonds. The van der Waals surface area contributed by atoms with Gasteiger partial charge >= 0.3 is 0 Å². The van der Waals surface area contributed by atoms with Gasteiger partial charge in [-0.2, -0.15) is 0 Å². The molecule has 0 heterocycles. The van der Waals surface area contributed by atoms with Crippen LogP contribution in [0.25, 0.3) is 0 Å². The molecule has 114 valence electrons. The normalized spacial score (nSPS) is 12.5. The van der Waals surface area contributed by atoms with E-state index in [0.29, 0.717) is 0 Å². The molecule has 2 nitrogen and oxygen atoms in total. The molecule has 3 heteroatoms. The Bertz CT molecular complexity index is 209. The average Bonchev–Trinajstić information content (AvgIpc) is 2.39. The highest BCUT2D eigenvalue weighted by Gasteiger charge is 2.09. The fourth-order valence-corrected chi connectivity index (χ4v) is 2.63. The lowest BCUT2D eigenvalue weighted by Crippen LogP contribution is -2.22. The lowest BCUT2D eigenvalue weighted by atomic mass is 10.0. The average molecular weight is 334 g/mol. The van der Waals surface area contributed by atoms with E-state index in [9.17, 15) is 4.79 Å². The van der Waals surface area contributed by atoms with Crippen LogP contribution < -0.4 is 5.73 Å². The van der Waals surface area contributed by atoms with Crippen LogP contribution in [-0.4, -0.2) is 10.7 Å². The van der Waals surface area contributed by atoms with Gasteiger partial charge in [0, 0.05) is 0 Å². The number of rotatable bonds is 14. The summed E-state index contributed by atoms with van der Waals surface area (Å²) in [7, 11) is 0. The second-order valence-electron chi connectivity index (χ2n) is 5.55. The number of nitrogens with two attached hydrogens (primary N) is 1. The number of amides is 1. The molecule has 0 saturated heterocycles. The summed E-state index contributed by atoms with van der Waals surface area (Å²) in [6, 6.07) is 0. The Morgan fingerprint density at radius 2 is 1.21 bits per heavy atom. The van der Waals surface area contributed by atoms with Crippen molar-refractivity contribution in [1.82, 2.24) is 0 Å². The van der Waals surface area contributed by atoms with E-state index in [1.165, 1.54) is 70.6 Å². The molecule has 0 bridgehead atoms. The van der Waals surface area contributed by atoms with Crippen LogP contribution in [0.15, 0.2) is 0 Å². The molecule has 0 saturated carbocycles. The third-order valence-corrected chi connectivity index (χ3v) is 4.53. The standard InChI is InChI=1S/C16H32BrNO/c1-2-3-4-5-6-7-8-9-10-11-12-13-14-15(17)16(18)19/h15H,2-14H2,1H3,(H2,18,19). The van der Waals surface area contributed by atoms with E-state index in [0.717, 1.165) is 12.8 Å².